The van der Waals surface area contributed by atoms with Gasteiger partial charge < -0.3 is 9.64 Å². The van der Waals surface area contributed by atoms with E-state index in [1.807, 2.05) is 0 Å². The van der Waals surface area contributed by atoms with Gasteiger partial charge in [-0.05, 0) is 0 Å². The molecule has 3 amide bonds. The van der Waals surface area contributed by atoms with Crippen molar-refractivity contribution in [1.29, 1.82) is 0 Å². The van der Waals surface area contributed by atoms with Crippen molar-refractivity contribution < 1.29 is 14.3 Å². The van der Waals surface area contributed by atoms with Crippen molar-refractivity contribution in [2.75, 3.05) is 45.9 Å². The van der Waals surface area contributed by atoms with Crippen molar-refractivity contribution in [3.05, 3.63) is 0 Å². The maximum absolute atomic E-state index is 11.4. The monoisotopic (exact) mass is 227 g/mol. The van der Waals surface area contributed by atoms with Crippen LogP contribution in [-0.4, -0.2) is 67.7 Å². The molecule has 6 nitrogen and oxygen atoms in total. The maximum Gasteiger partial charge on any atom is 0.324 e. The Labute approximate surface area is 94.5 Å². The van der Waals surface area contributed by atoms with Gasteiger partial charge in [0.1, 0.15) is 0 Å². The third-order valence-corrected chi connectivity index (χ3v) is 2.93. The molecule has 0 aliphatic carbocycles. The van der Waals surface area contributed by atoms with E-state index < -0.39 is 0 Å². The second-order valence-electron chi connectivity index (χ2n) is 4.04. The summed E-state index contributed by atoms with van der Waals surface area (Å²) in [5, 5.41) is 2.32. The number of hydrogen-bond donors (Lipinski definition) is 1. The van der Waals surface area contributed by atoms with E-state index in [1.165, 1.54) is 0 Å². The van der Waals surface area contributed by atoms with Gasteiger partial charge in [-0.2, -0.15) is 0 Å². The highest BCUT2D eigenvalue weighted by atomic mass is 16.5. The van der Waals surface area contributed by atoms with Gasteiger partial charge in [-0.1, -0.05) is 0 Å². The SMILES string of the molecule is O=C1CCN(CCN2CCOCC2)C(=O)N1. The van der Waals surface area contributed by atoms with Gasteiger partial charge in [0.25, 0.3) is 0 Å². The zero-order valence-corrected chi connectivity index (χ0v) is 9.28. The summed E-state index contributed by atoms with van der Waals surface area (Å²) in [5.74, 6) is -0.173. The molecule has 0 saturated carbocycles. The summed E-state index contributed by atoms with van der Waals surface area (Å²) in [6.45, 7) is 5.46. The Bertz CT molecular complexity index is 276. The minimum absolute atomic E-state index is 0.173. The molecule has 0 aromatic carbocycles. The van der Waals surface area contributed by atoms with Crippen molar-refractivity contribution in [2.24, 2.45) is 0 Å². The van der Waals surface area contributed by atoms with Crippen LogP contribution in [0.2, 0.25) is 0 Å². The van der Waals surface area contributed by atoms with Crippen LogP contribution < -0.4 is 5.32 Å². The molecule has 1 N–H and O–H groups in total. The Kier molecular flexibility index (Phi) is 3.74. The molecule has 2 saturated heterocycles. The molecule has 0 aromatic rings. The third-order valence-electron chi connectivity index (χ3n) is 2.93. The lowest BCUT2D eigenvalue weighted by Gasteiger charge is -2.31. The fourth-order valence-electron chi connectivity index (χ4n) is 1.90. The molecule has 0 aromatic heterocycles. The summed E-state index contributed by atoms with van der Waals surface area (Å²) >= 11 is 0. The van der Waals surface area contributed by atoms with Gasteiger partial charge in [0.2, 0.25) is 5.91 Å². The number of amides is 3. The number of imide groups is 1. The molecule has 2 heterocycles. The van der Waals surface area contributed by atoms with Crippen molar-refractivity contribution in [2.45, 2.75) is 6.42 Å². The smallest absolute Gasteiger partial charge is 0.324 e. The molecular formula is C10H17N3O3. The van der Waals surface area contributed by atoms with E-state index in [-0.39, 0.29) is 11.9 Å². The van der Waals surface area contributed by atoms with Crippen molar-refractivity contribution in [3.63, 3.8) is 0 Å². The number of rotatable bonds is 3. The topological polar surface area (TPSA) is 61.9 Å². The first-order chi connectivity index (χ1) is 7.75. The quantitative estimate of drug-likeness (QED) is 0.690. The minimum atomic E-state index is -0.260. The zero-order valence-electron chi connectivity index (χ0n) is 9.28. The van der Waals surface area contributed by atoms with Crippen LogP contribution >= 0.6 is 0 Å². The number of carbonyl (C=O) groups excluding carboxylic acids is 2. The van der Waals surface area contributed by atoms with Crippen molar-refractivity contribution >= 4 is 11.9 Å². The van der Waals surface area contributed by atoms with Gasteiger partial charge in [0.05, 0.1) is 13.2 Å². The highest BCUT2D eigenvalue weighted by molar-refractivity contribution is 5.96. The number of ether oxygens (including phenoxy) is 1. The Hall–Kier alpha value is -1.14. The normalized spacial score (nSPS) is 23.4. The lowest BCUT2D eigenvalue weighted by Crippen LogP contribution is -2.52. The number of morpholine rings is 1. The Morgan fingerprint density at radius 3 is 2.56 bits per heavy atom. The predicted molar refractivity (Wildman–Crippen MR) is 57.0 cm³/mol. The fraction of sp³-hybridized carbons (Fsp3) is 0.800. The summed E-state index contributed by atoms with van der Waals surface area (Å²) in [5.41, 5.74) is 0. The molecule has 90 valence electrons. The first-order valence-electron chi connectivity index (χ1n) is 5.64. The highest BCUT2D eigenvalue weighted by Crippen LogP contribution is 2.02. The summed E-state index contributed by atoms with van der Waals surface area (Å²) in [6, 6.07) is -0.260. The first kappa shape index (κ1) is 11.3. The van der Waals surface area contributed by atoms with E-state index in [0.29, 0.717) is 19.5 Å². The number of carbonyl (C=O) groups is 2. The van der Waals surface area contributed by atoms with E-state index in [2.05, 4.69) is 10.2 Å². The van der Waals surface area contributed by atoms with Crippen LogP contribution in [0.5, 0.6) is 0 Å². The average Bonchev–Trinajstić information content (AvgIpc) is 2.29. The van der Waals surface area contributed by atoms with Gasteiger partial charge in [0, 0.05) is 39.1 Å². The lowest BCUT2D eigenvalue weighted by atomic mass is 10.3. The Morgan fingerprint density at radius 1 is 1.12 bits per heavy atom. The molecule has 0 spiro atoms. The molecule has 2 aliphatic rings. The highest BCUT2D eigenvalue weighted by Gasteiger charge is 2.23. The van der Waals surface area contributed by atoms with Crippen molar-refractivity contribution in [3.8, 4) is 0 Å². The molecule has 0 bridgehead atoms. The zero-order chi connectivity index (χ0) is 11.4. The number of urea groups is 1. The summed E-state index contributed by atoms with van der Waals surface area (Å²) in [7, 11) is 0. The maximum atomic E-state index is 11.4. The second-order valence-corrected chi connectivity index (χ2v) is 4.04. The second kappa shape index (κ2) is 5.27. The number of nitrogens with one attached hydrogen (secondary N) is 1. The molecule has 2 rings (SSSR count). The van der Waals surface area contributed by atoms with Crippen LogP contribution in [0.15, 0.2) is 0 Å². The molecule has 2 fully saturated rings. The van der Waals surface area contributed by atoms with Gasteiger partial charge in [-0.25, -0.2) is 4.79 Å². The third kappa shape index (κ3) is 2.93. The van der Waals surface area contributed by atoms with Crippen molar-refractivity contribution in [1.82, 2.24) is 15.1 Å². The largest absolute Gasteiger partial charge is 0.379 e. The van der Waals surface area contributed by atoms with Crippen LogP contribution in [-0.2, 0) is 9.53 Å². The van der Waals surface area contributed by atoms with Crippen LogP contribution in [0.25, 0.3) is 0 Å². The van der Waals surface area contributed by atoms with E-state index in [9.17, 15) is 9.59 Å². The number of nitrogens with zero attached hydrogens (tertiary/aromatic N) is 2. The van der Waals surface area contributed by atoms with Gasteiger partial charge in [-0.3, -0.25) is 15.0 Å². The molecule has 0 atom stereocenters. The van der Waals surface area contributed by atoms with E-state index in [0.717, 1.165) is 32.8 Å². The van der Waals surface area contributed by atoms with Gasteiger partial charge in [0.15, 0.2) is 0 Å². The van der Waals surface area contributed by atoms with Crippen LogP contribution in [0.4, 0.5) is 4.79 Å². The molecule has 2 aliphatic heterocycles. The van der Waals surface area contributed by atoms with Crippen LogP contribution in [0.3, 0.4) is 0 Å². The predicted octanol–water partition coefficient (Wildman–Crippen LogP) is -0.739. The average molecular weight is 227 g/mol. The van der Waals surface area contributed by atoms with E-state index in [4.69, 9.17) is 4.74 Å². The van der Waals surface area contributed by atoms with Crippen LogP contribution in [0, 0.1) is 0 Å². The minimum Gasteiger partial charge on any atom is -0.379 e. The standard InChI is InChI=1S/C10H17N3O3/c14-9-1-2-13(10(15)11-9)4-3-12-5-7-16-8-6-12/h1-8H2,(H,11,14,15). The molecule has 0 unspecified atom stereocenters. The summed E-state index contributed by atoms with van der Waals surface area (Å²) in [4.78, 5) is 26.3. The molecule has 0 radical (unpaired) electrons. The van der Waals surface area contributed by atoms with E-state index >= 15 is 0 Å². The summed E-state index contributed by atoms with van der Waals surface area (Å²) in [6.07, 6.45) is 0.412. The lowest BCUT2D eigenvalue weighted by molar-refractivity contribution is -0.121. The van der Waals surface area contributed by atoms with E-state index in [1.54, 1.807) is 4.90 Å². The Balaban J connectivity index is 1.72. The molecule has 6 heteroatoms. The molecule has 16 heavy (non-hydrogen) atoms. The molecular weight excluding hydrogens is 210 g/mol. The van der Waals surface area contributed by atoms with Gasteiger partial charge in [-0.15, -0.1) is 0 Å². The fourth-order valence-corrected chi connectivity index (χ4v) is 1.90. The van der Waals surface area contributed by atoms with Gasteiger partial charge >= 0.3 is 6.03 Å². The summed E-state index contributed by atoms with van der Waals surface area (Å²) < 4.78 is 5.25. The Morgan fingerprint density at radius 2 is 1.88 bits per heavy atom. The number of hydrogen-bond acceptors (Lipinski definition) is 4. The first-order valence-corrected chi connectivity index (χ1v) is 5.64. The van der Waals surface area contributed by atoms with Crippen LogP contribution in [0.1, 0.15) is 6.42 Å².